The van der Waals surface area contributed by atoms with Gasteiger partial charge in [-0.15, -0.1) is 0 Å². The van der Waals surface area contributed by atoms with Crippen LogP contribution in [0.1, 0.15) is 16.7 Å². The van der Waals surface area contributed by atoms with E-state index in [9.17, 15) is 4.39 Å². The lowest BCUT2D eigenvalue weighted by Crippen LogP contribution is -1.99. The molecule has 0 spiro atoms. The molecule has 0 unspecified atom stereocenters. The molecule has 100 valence electrons. The van der Waals surface area contributed by atoms with Crippen molar-refractivity contribution in [2.45, 2.75) is 6.54 Å². The molecule has 3 nitrogen and oxygen atoms in total. The number of nitrogens with zero attached hydrogens (tertiary/aromatic N) is 3. The van der Waals surface area contributed by atoms with E-state index in [0.717, 1.165) is 16.5 Å². The molecule has 0 saturated carbocycles. The fraction of sp³-hybridized carbons (Fsp3) is 0.0588. The van der Waals surface area contributed by atoms with E-state index >= 15 is 0 Å². The molecule has 0 atom stereocenters. The first-order chi connectivity index (χ1) is 10.2. The van der Waals surface area contributed by atoms with Crippen molar-refractivity contribution in [1.29, 1.82) is 10.5 Å². The lowest BCUT2D eigenvalue weighted by molar-refractivity contribution is 0.623. The van der Waals surface area contributed by atoms with Crippen molar-refractivity contribution in [1.82, 2.24) is 4.57 Å². The number of hydrogen-bond donors (Lipinski definition) is 0. The number of nitriles is 2. The molecule has 21 heavy (non-hydrogen) atoms. The van der Waals surface area contributed by atoms with Crippen LogP contribution in [0.5, 0.6) is 0 Å². The monoisotopic (exact) mass is 275 g/mol. The summed E-state index contributed by atoms with van der Waals surface area (Å²) in [6, 6.07) is 15.7. The quantitative estimate of drug-likeness (QED) is 0.717. The van der Waals surface area contributed by atoms with Crippen molar-refractivity contribution in [2.24, 2.45) is 0 Å². The molecule has 4 heteroatoms. The molecule has 1 heterocycles. The summed E-state index contributed by atoms with van der Waals surface area (Å²) in [6.07, 6.45) is 1.89. The number of aromatic nitrogens is 1. The van der Waals surface area contributed by atoms with Crippen LogP contribution in [0, 0.1) is 28.5 Å². The third-order valence-electron chi connectivity index (χ3n) is 3.34. The van der Waals surface area contributed by atoms with Crippen LogP contribution < -0.4 is 0 Å². The van der Waals surface area contributed by atoms with Gasteiger partial charge in [0.2, 0.25) is 0 Å². The van der Waals surface area contributed by atoms with Crippen LogP contribution in [0.4, 0.5) is 4.39 Å². The fourth-order valence-electron chi connectivity index (χ4n) is 2.41. The minimum absolute atomic E-state index is 0.313. The summed E-state index contributed by atoms with van der Waals surface area (Å²) in [6.45, 7) is 0.474. The number of halogens is 1. The van der Waals surface area contributed by atoms with Crippen molar-refractivity contribution in [3.8, 4) is 12.1 Å². The highest BCUT2D eigenvalue weighted by molar-refractivity contribution is 5.81. The van der Waals surface area contributed by atoms with Gasteiger partial charge in [-0.3, -0.25) is 0 Å². The Morgan fingerprint density at radius 3 is 2.52 bits per heavy atom. The largest absolute Gasteiger partial charge is 0.343 e. The molecular weight excluding hydrogens is 265 g/mol. The highest BCUT2D eigenvalue weighted by atomic mass is 19.1. The summed E-state index contributed by atoms with van der Waals surface area (Å²) in [5.41, 5.74) is 2.62. The first-order valence-corrected chi connectivity index (χ1v) is 6.38. The molecule has 0 bridgehead atoms. The van der Waals surface area contributed by atoms with Crippen molar-refractivity contribution in [3.63, 3.8) is 0 Å². The summed E-state index contributed by atoms with van der Waals surface area (Å²) < 4.78 is 15.4. The summed E-state index contributed by atoms with van der Waals surface area (Å²) >= 11 is 0. The van der Waals surface area contributed by atoms with Crippen LogP contribution in [0.2, 0.25) is 0 Å². The molecule has 0 aliphatic heterocycles. The number of rotatable bonds is 2. The second kappa shape index (κ2) is 5.11. The SMILES string of the molecule is N#Cc1cc(F)cc(Cn2ccc3cc(C#N)ccc32)c1. The standard InChI is InChI=1S/C17H10FN3/c18-16-7-13(10-20)5-14(8-16)11-21-4-3-15-6-12(9-19)1-2-17(15)21/h1-8H,11H2. The molecule has 0 fully saturated rings. The summed E-state index contributed by atoms with van der Waals surface area (Å²) in [7, 11) is 0. The van der Waals surface area contributed by atoms with Crippen molar-refractivity contribution in [2.75, 3.05) is 0 Å². The van der Waals surface area contributed by atoms with Crippen molar-refractivity contribution < 1.29 is 4.39 Å². The lowest BCUT2D eigenvalue weighted by Gasteiger charge is -2.06. The summed E-state index contributed by atoms with van der Waals surface area (Å²) in [5, 5.41) is 18.7. The van der Waals surface area contributed by atoms with Gasteiger partial charge in [0.1, 0.15) is 5.82 Å². The van der Waals surface area contributed by atoms with Crippen molar-refractivity contribution in [3.05, 3.63) is 71.2 Å². The summed E-state index contributed by atoms with van der Waals surface area (Å²) in [4.78, 5) is 0. The van der Waals surface area contributed by atoms with Crippen LogP contribution in [0.25, 0.3) is 10.9 Å². The number of fused-ring (bicyclic) bond motifs is 1. The Kier molecular flexibility index (Phi) is 3.14. The lowest BCUT2D eigenvalue weighted by atomic mass is 10.1. The highest BCUT2D eigenvalue weighted by Crippen LogP contribution is 2.19. The van der Waals surface area contributed by atoms with Gasteiger partial charge in [-0.05, 0) is 48.0 Å². The van der Waals surface area contributed by atoms with Gasteiger partial charge in [0.25, 0.3) is 0 Å². The molecule has 3 rings (SSSR count). The Balaban J connectivity index is 2.01. The Morgan fingerprint density at radius 1 is 0.952 bits per heavy atom. The molecule has 2 aromatic carbocycles. The van der Waals surface area contributed by atoms with E-state index in [1.165, 1.54) is 12.1 Å². The third-order valence-corrected chi connectivity index (χ3v) is 3.34. The van der Waals surface area contributed by atoms with E-state index in [2.05, 4.69) is 6.07 Å². The average Bonchev–Trinajstić information content (AvgIpc) is 2.88. The Labute approximate surface area is 121 Å². The molecule has 0 N–H and O–H groups in total. The van der Waals surface area contributed by atoms with E-state index in [1.807, 2.05) is 35.0 Å². The predicted octanol–water partition coefficient (Wildman–Crippen LogP) is 3.57. The van der Waals surface area contributed by atoms with Gasteiger partial charge >= 0.3 is 0 Å². The maximum absolute atomic E-state index is 13.5. The minimum Gasteiger partial charge on any atom is -0.343 e. The van der Waals surface area contributed by atoms with E-state index < -0.39 is 5.82 Å². The topological polar surface area (TPSA) is 52.5 Å². The first-order valence-electron chi connectivity index (χ1n) is 6.38. The van der Waals surface area contributed by atoms with Gasteiger partial charge in [-0.2, -0.15) is 10.5 Å². The smallest absolute Gasteiger partial charge is 0.124 e. The summed E-state index contributed by atoms with van der Waals surface area (Å²) in [5.74, 6) is -0.410. The zero-order valence-corrected chi connectivity index (χ0v) is 11.0. The number of benzene rings is 2. The van der Waals surface area contributed by atoms with E-state index in [0.29, 0.717) is 17.7 Å². The van der Waals surface area contributed by atoms with Gasteiger partial charge in [0.15, 0.2) is 0 Å². The van der Waals surface area contributed by atoms with Gasteiger partial charge in [0, 0.05) is 23.6 Å². The van der Waals surface area contributed by atoms with Crippen LogP contribution in [-0.2, 0) is 6.54 Å². The zero-order chi connectivity index (χ0) is 14.8. The van der Waals surface area contributed by atoms with Gasteiger partial charge in [-0.1, -0.05) is 0 Å². The molecule has 3 aromatic rings. The van der Waals surface area contributed by atoms with Crippen LogP contribution in [0.3, 0.4) is 0 Å². The van der Waals surface area contributed by atoms with E-state index in [1.54, 1.807) is 12.1 Å². The molecule has 0 saturated heterocycles. The molecular formula is C17H10FN3. The van der Waals surface area contributed by atoms with E-state index in [4.69, 9.17) is 10.5 Å². The molecule has 1 aromatic heterocycles. The van der Waals surface area contributed by atoms with E-state index in [-0.39, 0.29) is 0 Å². The first kappa shape index (κ1) is 12.9. The number of hydrogen-bond acceptors (Lipinski definition) is 2. The molecule has 0 amide bonds. The van der Waals surface area contributed by atoms with Gasteiger partial charge in [-0.25, -0.2) is 4.39 Å². The van der Waals surface area contributed by atoms with Crippen molar-refractivity contribution >= 4 is 10.9 Å². The third kappa shape index (κ3) is 2.48. The Morgan fingerprint density at radius 2 is 1.76 bits per heavy atom. The molecule has 0 aliphatic carbocycles. The van der Waals surface area contributed by atoms with Crippen LogP contribution in [-0.4, -0.2) is 4.57 Å². The van der Waals surface area contributed by atoms with Crippen LogP contribution >= 0.6 is 0 Å². The normalized spacial score (nSPS) is 10.2. The zero-order valence-electron chi connectivity index (χ0n) is 11.0. The maximum atomic E-state index is 13.5. The fourth-order valence-corrected chi connectivity index (χ4v) is 2.41. The molecule has 0 aliphatic rings. The molecule has 0 radical (unpaired) electrons. The van der Waals surface area contributed by atoms with Gasteiger partial charge < -0.3 is 4.57 Å². The second-order valence-corrected chi connectivity index (χ2v) is 4.79. The predicted molar refractivity (Wildman–Crippen MR) is 76.9 cm³/mol. The maximum Gasteiger partial charge on any atom is 0.124 e. The van der Waals surface area contributed by atoms with Crippen LogP contribution in [0.15, 0.2) is 48.7 Å². The minimum atomic E-state index is -0.410. The average molecular weight is 275 g/mol. The highest BCUT2D eigenvalue weighted by Gasteiger charge is 2.05. The Hall–Kier alpha value is -3.11. The van der Waals surface area contributed by atoms with Gasteiger partial charge in [0.05, 0.1) is 23.3 Å². The second-order valence-electron chi connectivity index (χ2n) is 4.79. The Bertz CT molecular complexity index is 910.